The van der Waals surface area contributed by atoms with E-state index < -0.39 is 0 Å². The van der Waals surface area contributed by atoms with Crippen LogP contribution >= 0.6 is 0 Å². The molecule has 0 spiro atoms. The Morgan fingerprint density at radius 2 is 1.93 bits per heavy atom. The number of hydrogen-bond acceptors (Lipinski definition) is 2. The Bertz CT molecular complexity index is 182. The first-order chi connectivity index (χ1) is 7.27. The second-order valence-electron chi connectivity index (χ2n) is 4.48. The van der Waals surface area contributed by atoms with Gasteiger partial charge in [0.15, 0.2) is 0 Å². The molecule has 0 radical (unpaired) electrons. The summed E-state index contributed by atoms with van der Waals surface area (Å²) in [5.41, 5.74) is 0. The molecule has 1 aliphatic rings. The van der Waals surface area contributed by atoms with Gasteiger partial charge in [0, 0.05) is 5.92 Å². The molecular formula is C12H23NO2. The molecule has 1 aliphatic carbocycles. The zero-order chi connectivity index (χ0) is 11.1. The summed E-state index contributed by atoms with van der Waals surface area (Å²) in [6.45, 7) is 2.03. The summed E-state index contributed by atoms with van der Waals surface area (Å²) >= 11 is 0. The number of carbonyl (C=O) groups is 1. The van der Waals surface area contributed by atoms with Crippen molar-refractivity contribution < 1.29 is 9.90 Å². The highest BCUT2D eigenvalue weighted by Gasteiger charge is 2.21. The summed E-state index contributed by atoms with van der Waals surface area (Å²) in [6, 6.07) is -0.0549. The highest BCUT2D eigenvalue weighted by atomic mass is 16.3. The van der Waals surface area contributed by atoms with Crippen LogP contribution in [0.4, 0.5) is 0 Å². The number of carbonyl (C=O) groups excluding carboxylic acids is 1. The van der Waals surface area contributed by atoms with Crippen molar-refractivity contribution in [3.05, 3.63) is 0 Å². The van der Waals surface area contributed by atoms with Crippen LogP contribution in [-0.4, -0.2) is 23.7 Å². The van der Waals surface area contributed by atoms with Gasteiger partial charge in [-0.25, -0.2) is 0 Å². The minimum atomic E-state index is -0.0549. The highest BCUT2D eigenvalue weighted by Crippen LogP contribution is 2.22. The Hall–Kier alpha value is -0.570. The molecular weight excluding hydrogens is 190 g/mol. The van der Waals surface area contributed by atoms with Gasteiger partial charge in [-0.2, -0.15) is 0 Å². The molecule has 0 aliphatic heterocycles. The van der Waals surface area contributed by atoms with E-state index >= 15 is 0 Å². The van der Waals surface area contributed by atoms with E-state index in [0.29, 0.717) is 0 Å². The van der Waals surface area contributed by atoms with E-state index in [9.17, 15) is 4.79 Å². The molecule has 3 heteroatoms. The number of aliphatic hydroxyl groups excluding tert-OH is 1. The minimum absolute atomic E-state index is 0.0506. The Labute approximate surface area is 92.3 Å². The van der Waals surface area contributed by atoms with Gasteiger partial charge in [0.2, 0.25) is 5.91 Å². The maximum atomic E-state index is 11.9. The lowest BCUT2D eigenvalue weighted by molar-refractivity contribution is -0.126. The van der Waals surface area contributed by atoms with E-state index in [-0.39, 0.29) is 24.5 Å². The van der Waals surface area contributed by atoms with Gasteiger partial charge in [-0.05, 0) is 19.3 Å². The zero-order valence-corrected chi connectivity index (χ0v) is 9.67. The molecule has 0 saturated heterocycles. The Morgan fingerprint density at radius 1 is 1.33 bits per heavy atom. The van der Waals surface area contributed by atoms with Gasteiger partial charge in [0.1, 0.15) is 0 Å². The van der Waals surface area contributed by atoms with Crippen molar-refractivity contribution >= 4 is 5.91 Å². The van der Waals surface area contributed by atoms with E-state index in [1.54, 1.807) is 0 Å². The Morgan fingerprint density at radius 3 is 2.40 bits per heavy atom. The van der Waals surface area contributed by atoms with Crippen molar-refractivity contribution in [1.82, 2.24) is 5.32 Å². The van der Waals surface area contributed by atoms with Crippen LogP contribution in [0.3, 0.4) is 0 Å². The lowest BCUT2D eigenvalue weighted by Crippen LogP contribution is -2.40. The topological polar surface area (TPSA) is 49.3 Å². The predicted octanol–water partition coefficient (Wildman–Crippen LogP) is 1.84. The van der Waals surface area contributed by atoms with Crippen molar-refractivity contribution in [2.24, 2.45) is 5.92 Å². The fourth-order valence-electron chi connectivity index (χ4n) is 2.14. The fraction of sp³-hybridized carbons (Fsp3) is 0.917. The third kappa shape index (κ3) is 4.20. The van der Waals surface area contributed by atoms with Crippen LogP contribution < -0.4 is 5.32 Å². The second kappa shape index (κ2) is 6.83. The fourth-order valence-corrected chi connectivity index (χ4v) is 2.14. The van der Waals surface area contributed by atoms with Crippen molar-refractivity contribution in [2.75, 3.05) is 6.61 Å². The second-order valence-corrected chi connectivity index (χ2v) is 4.48. The normalized spacial score (nSPS) is 20.7. The van der Waals surface area contributed by atoms with Crippen LogP contribution in [0.15, 0.2) is 0 Å². The molecule has 2 N–H and O–H groups in total. The van der Waals surface area contributed by atoms with Crippen LogP contribution in [0.5, 0.6) is 0 Å². The van der Waals surface area contributed by atoms with Crippen LogP contribution in [-0.2, 0) is 4.79 Å². The summed E-state index contributed by atoms with van der Waals surface area (Å²) in [7, 11) is 0. The average molecular weight is 213 g/mol. The predicted molar refractivity (Wildman–Crippen MR) is 60.5 cm³/mol. The number of rotatable bonds is 4. The molecule has 0 aromatic heterocycles. The maximum Gasteiger partial charge on any atom is 0.223 e. The Kier molecular flexibility index (Phi) is 5.69. The smallest absolute Gasteiger partial charge is 0.223 e. The molecule has 0 bridgehead atoms. The van der Waals surface area contributed by atoms with E-state index in [1.807, 2.05) is 6.92 Å². The molecule has 0 aromatic rings. The summed E-state index contributed by atoms with van der Waals surface area (Å²) in [5, 5.41) is 11.9. The van der Waals surface area contributed by atoms with Crippen LogP contribution in [0.25, 0.3) is 0 Å². The van der Waals surface area contributed by atoms with E-state index in [2.05, 4.69) is 5.32 Å². The van der Waals surface area contributed by atoms with Gasteiger partial charge in [0.25, 0.3) is 0 Å². The summed E-state index contributed by atoms with van der Waals surface area (Å²) in [6.07, 6.45) is 7.72. The van der Waals surface area contributed by atoms with Gasteiger partial charge in [-0.3, -0.25) is 4.79 Å². The zero-order valence-electron chi connectivity index (χ0n) is 9.67. The molecule has 15 heavy (non-hydrogen) atoms. The molecule has 0 unspecified atom stereocenters. The third-order valence-electron chi connectivity index (χ3n) is 3.29. The van der Waals surface area contributed by atoms with Gasteiger partial charge < -0.3 is 10.4 Å². The number of hydrogen-bond donors (Lipinski definition) is 2. The first-order valence-electron chi connectivity index (χ1n) is 6.19. The first-order valence-corrected chi connectivity index (χ1v) is 6.19. The molecule has 88 valence electrons. The van der Waals surface area contributed by atoms with Crippen molar-refractivity contribution in [3.63, 3.8) is 0 Å². The summed E-state index contributed by atoms with van der Waals surface area (Å²) in [4.78, 5) is 11.9. The standard InChI is InChI=1S/C12H23NO2/c1-2-11(9-14)13-12(15)10-7-5-3-4-6-8-10/h10-11,14H,2-9H2,1H3,(H,13,15)/t11-/m0/s1. The molecule has 3 nitrogen and oxygen atoms in total. The molecule has 1 atom stereocenters. The molecule has 0 aromatic carbocycles. The lowest BCUT2D eigenvalue weighted by Gasteiger charge is -2.19. The average Bonchev–Trinajstić information content (AvgIpc) is 2.54. The van der Waals surface area contributed by atoms with Crippen LogP contribution in [0.1, 0.15) is 51.9 Å². The van der Waals surface area contributed by atoms with Crippen molar-refractivity contribution in [2.45, 2.75) is 57.9 Å². The van der Waals surface area contributed by atoms with Crippen molar-refractivity contribution in [1.29, 1.82) is 0 Å². The minimum Gasteiger partial charge on any atom is -0.394 e. The first kappa shape index (κ1) is 12.5. The van der Waals surface area contributed by atoms with Gasteiger partial charge in [-0.15, -0.1) is 0 Å². The summed E-state index contributed by atoms with van der Waals surface area (Å²) in [5.74, 6) is 0.339. The molecule has 1 saturated carbocycles. The SMILES string of the molecule is CC[C@@H](CO)NC(=O)C1CCCCCC1. The van der Waals surface area contributed by atoms with Gasteiger partial charge in [-0.1, -0.05) is 32.6 Å². The molecule has 1 fully saturated rings. The lowest BCUT2D eigenvalue weighted by atomic mass is 9.99. The van der Waals surface area contributed by atoms with Crippen LogP contribution in [0, 0.1) is 5.92 Å². The van der Waals surface area contributed by atoms with E-state index in [0.717, 1.165) is 19.3 Å². The van der Waals surface area contributed by atoms with E-state index in [4.69, 9.17) is 5.11 Å². The van der Waals surface area contributed by atoms with Crippen molar-refractivity contribution in [3.8, 4) is 0 Å². The number of aliphatic hydroxyl groups is 1. The molecule has 0 heterocycles. The highest BCUT2D eigenvalue weighted by molar-refractivity contribution is 5.78. The largest absolute Gasteiger partial charge is 0.394 e. The monoisotopic (exact) mass is 213 g/mol. The number of amides is 1. The maximum absolute atomic E-state index is 11.9. The van der Waals surface area contributed by atoms with Gasteiger partial charge in [0.05, 0.1) is 12.6 Å². The molecule has 1 amide bonds. The quantitative estimate of drug-likeness (QED) is 0.700. The van der Waals surface area contributed by atoms with E-state index in [1.165, 1.54) is 25.7 Å². The Balaban J connectivity index is 2.36. The number of nitrogens with one attached hydrogen (secondary N) is 1. The summed E-state index contributed by atoms with van der Waals surface area (Å²) < 4.78 is 0. The van der Waals surface area contributed by atoms with Crippen LogP contribution in [0.2, 0.25) is 0 Å². The van der Waals surface area contributed by atoms with Gasteiger partial charge >= 0.3 is 0 Å². The third-order valence-corrected chi connectivity index (χ3v) is 3.29. The molecule has 1 rings (SSSR count).